The number of nitrogens with one attached hydrogen (secondary N) is 2. The average molecular weight is 402 g/mol. The normalized spacial score (nSPS) is 10.8. The van der Waals surface area contributed by atoms with Crippen LogP contribution in [0.5, 0.6) is 5.75 Å². The Morgan fingerprint density at radius 1 is 1.03 bits per heavy atom. The van der Waals surface area contributed by atoms with Crippen molar-refractivity contribution in [2.24, 2.45) is 0 Å². The number of ether oxygens (including phenoxy) is 2. The molecule has 0 aliphatic heterocycles. The van der Waals surface area contributed by atoms with E-state index in [1.54, 1.807) is 39.0 Å². The Balaban J connectivity index is 1.97. The Bertz CT molecular complexity index is 922. The minimum absolute atomic E-state index is 0.115. The first kappa shape index (κ1) is 21.9. The predicted octanol–water partition coefficient (Wildman–Crippen LogP) is 4.39. The first-order chi connectivity index (χ1) is 13.5. The summed E-state index contributed by atoms with van der Waals surface area (Å²) in [6.45, 7) is 6.18. The smallest absolute Gasteiger partial charge is 0.412 e. The summed E-state index contributed by atoms with van der Waals surface area (Å²) in [6.07, 6.45) is -0.812. The second-order valence-corrected chi connectivity index (χ2v) is 7.24. The van der Waals surface area contributed by atoms with E-state index in [0.29, 0.717) is 11.3 Å². The number of ketones is 1. The van der Waals surface area contributed by atoms with Gasteiger partial charge in [0.2, 0.25) is 0 Å². The lowest BCUT2D eigenvalue weighted by Gasteiger charge is -2.20. The molecule has 2 aromatic rings. The standard InChI is InChI=1S/C21H23FN2O5/c1-13(25)14-6-5-7-16(10-14)28-12-19(26)23-15-8-9-17(22)18(11-15)24-20(27)29-21(2,3)4/h5-11H,12H2,1-4H3,(H,23,26)(H,24,27). The molecule has 7 nitrogen and oxygen atoms in total. The van der Waals surface area contributed by atoms with Crippen LogP contribution in [0, 0.1) is 5.82 Å². The molecule has 0 fully saturated rings. The molecule has 0 aliphatic carbocycles. The van der Waals surface area contributed by atoms with Crippen molar-refractivity contribution < 1.29 is 28.2 Å². The molecule has 8 heteroatoms. The Hall–Kier alpha value is -3.42. The molecule has 0 heterocycles. The molecule has 0 saturated heterocycles. The fourth-order valence-electron chi connectivity index (χ4n) is 2.26. The lowest BCUT2D eigenvalue weighted by molar-refractivity contribution is -0.118. The van der Waals surface area contributed by atoms with E-state index in [4.69, 9.17) is 9.47 Å². The van der Waals surface area contributed by atoms with Gasteiger partial charge in [0, 0.05) is 11.3 Å². The molecule has 0 aromatic heterocycles. The van der Waals surface area contributed by atoms with Gasteiger partial charge in [0.25, 0.3) is 5.91 Å². The fourth-order valence-corrected chi connectivity index (χ4v) is 2.26. The third-order valence-electron chi connectivity index (χ3n) is 3.50. The third-order valence-corrected chi connectivity index (χ3v) is 3.50. The highest BCUT2D eigenvalue weighted by atomic mass is 19.1. The summed E-state index contributed by atoms with van der Waals surface area (Å²) >= 11 is 0. The van der Waals surface area contributed by atoms with Gasteiger partial charge < -0.3 is 14.8 Å². The number of benzene rings is 2. The molecular formula is C21H23FN2O5. The number of rotatable bonds is 6. The van der Waals surface area contributed by atoms with E-state index in [0.717, 1.165) is 6.07 Å². The first-order valence-electron chi connectivity index (χ1n) is 8.87. The van der Waals surface area contributed by atoms with Gasteiger partial charge in [-0.1, -0.05) is 12.1 Å². The Kier molecular flexibility index (Phi) is 6.93. The molecule has 0 atom stereocenters. The SMILES string of the molecule is CC(=O)c1cccc(OCC(=O)Nc2ccc(F)c(NC(=O)OC(C)(C)C)c2)c1. The van der Waals surface area contributed by atoms with Crippen LogP contribution in [0.2, 0.25) is 0 Å². The number of amides is 2. The molecule has 0 spiro atoms. The quantitative estimate of drug-likeness (QED) is 0.699. The Labute approximate surface area is 168 Å². The molecule has 2 aromatic carbocycles. The van der Waals surface area contributed by atoms with Gasteiger partial charge in [0.15, 0.2) is 12.4 Å². The number of carbonyl (C=O) groups is 3. The van der Waals surface area contributed by atoms with Crippen LogP contribution in [-0.2, 0) is 9.53 Å². The fraction of sp³-hybridized carbons (Fsp3) is 0.286. The lowest BCUT2D eigenvalue weighted by Crippen LogP contribution is -2.27. The molecule has 0 bridgehead atoms. The minimum atomic E-state index is -0.812. The van der Waals surface area contributed by atoms with Gasteiger partial charge in [0.1, 0.15) is 17.2 Å². The zero-order valence-electron chi connectivity index (χ0n) is 16.7. The van der Waals surface area contributed by atoms with Crippen LogP contribution in [0.1, 0.15) is 38.1 Å². The highest BCUT2D eigenvalue weighted by molar-refractivity contribution is 5.95. The largest absolute Gasteiger partial charge is 0.484 e. The highest BCUT2D eigenvalue weighted by Crippen LogP contribution is 2.21. The van der Waals surface area contributed by atoms with Crippen molar-refractivity contribution >= 4 is 29.2 Å². The zero-order chi connectivity index (χ0) is 21.6. The molecule has 2 rings (SSSR count). The van der Waals surface area contributed by atoms with Crippen LogP contribution < -0.4 is 15.4 Å². The van der Waals surface area contributed by atoms with E-state index in [9.17, 15) is 18.8 Å². The topological polar surface area (TPSA) is 93.7 Å². The van der Waals surface area contributed by atoms with Crippen molar-refractivity contribution in [3.8, 4) is 5.75 Å². The van der Waals surface area contributed by atoms with Gasteiger partial charge in [-0.3, -0.25) is 14.9 Å². The lowest BCUT2D eigenvalue weighted by atomic mass is 10.1. The van der Waals surface area contributed by atoms with Gasteiger partial charge in [0.05, 0.1) is 5.69 Å². The van der Waals surface area contributed by atoms with Gasteiger partial charge in [-0.2, -0.15) is 0 Å². The number of Topliss-reactive ketones (excluding diaryl/α,β-unsaturated/α-hetero) is 1. The summed E-state index contributed by atoms with van der Waals surface area (Å²) in [5.41, 5.74) is -0.126. The van der Waals surface area contributed by atoms with E-state index >= 15 is 0 Å². The number of hydrogen-bond donors (Lipinski definition) is 2. The number of carbonyl (C=O) groups excluding carboxylic acids is 3. The zero-order valence-corrected chi connectivity index (χ0v) is 16.7. The summed E-state index contributed by atoms with van der Waals surface area (Å²) in [7, 11) is 0. The van der Waals surface area contributed by atoms with Crippen LogP contribution >= 0.6 is 0 Å². The van der Waals surface area contributed by atoms with E-state index < -0.39 is 23.4 Å². The van der Waals surface area contributed by atoms with Crippen molar-refractivity contribution in [1.82, 2.24) is 0 Å². The Morgan fingerprint density at radius 3 is 2.41 bits per heavy atom. The highest BCUT2D eigenvalue weighted by Gasteiger charge is 2.18. The van der Waals surface area contributed by atoms with Gasteiger partial charge in [-0.05, 0) is 58.0 Å². The maximum absolute atomic E-state index is 13.9. The van der Waals surface area contributed by atoms with E-state index in [-0.39, 0.29) is 23.8 Å². The number of anilines is 2. The van der Waals surface area contributed by atoms with E-state index in [1.807, 2.05) is 0 Å². The molecule has 29 heavy (non-hydrogen) atoms. The van der Waals surface area contributed by atoms with Crippen LogP contribution in [0.15, 0.2) is 42.5 Å². The van der Waals surface area contributed by atoms with E-state index in [1.165, 1.54) is 25.1 Å². The van der Waals surface area contributed by atoms with Crippen LogP contribution in [0.25, 0.3) is 0 Å². The first-order valence-corrected chi connectivity index (χ1v) is 8.87. The van der Waals surface area contributed by atoms with Crippen molar-refractivity contribution in [2.75, 3.05) is 17.2 Å². The molecule has 0 radical (unpaired) electrons. The molecular weight excluding hydrogens is 379 g/mol. The summed E-state index contributed by atoms with van der Waals surface area (Å²) in [5, 5.41) is 4.85. The summed E-state index contributed by atoms with van der Waals surface area (Å²) in [5.74, 6) is -0.908. The molecule has 0 unspecified atom stereocenters. The minimum Gasteiger partial charge on any atom is -0.484 e. The second-order valence-electron chi connectivity index (χ2n) is 7.24. The van der Waals surface area contributed by atoms with Crippen molar-refractivity contribution in [3.63, 3.8) is 0 Å². The van der Waals surface area contributed by atoms with Crippen molar-refractivity contribution in [3.05, 3.63) is 53.8 Å². The van der Waals surface area contributed by atoms with Crippen molar-refractivity contribution in [2.45, 2.75) is 33.3 Å². The molecule has 154 valence electrons. The van der Waals surface area contributed by atoms with Crippen LogP contribution in [0.3, 0.4) is 0 Å². The summed E-state index contributed by atoms with van der Waals surface area (Å²) < 4.78 is 24.4. The predicted molar refractivity (Wildman–Crippen MR) is 107 cm³/mol. The molecule has 0 saturated carbocycles. The molecule has 2 amide bonds. The number of hydrogen-bond acceptors (Lipinski definition) is 5. The molecule has 2 N–H and O–H groups in total. The van der Waals surface area contributed by atoms with Crippen LogP contribution in [-0.4, -0.2) is 30.0 Å². The number of halogens is 1. The maximum atomic E-state index is 13.9. The Morgan fingerprint density at radius 2 is 1.76 bits per heavy atom. The average Bonchev–Trinajstić information content (AvgIpc) is 2.61. The summed E-state index contributed by atoms with van der Waals surface area (Å²) in [6, 6.07) is 10.2. The van der Waals surface area contributed by atoms with Gasteiger partial charge >= 0.3 is 6.09 Å². The van der Waals surface area contributed by atoms with Gasteiger partial charge in [-0.15, -0.1) is 0 Å². The van der Waals surface area contributed by atoms with Crippen molar-refractivity contribution in [1.29, 1.82) is 0 Å². The maximum Gasteiger partial charge on any atom is 0.412 e. The van der Waals surface area contributed by atoms with E-state index in [2.05, 4.69) is 10.6 Å². The molecule has 0 aliphatic rings. The summed E-state index contributed by atoms with van der Waals surface area (Å²) in [4.78, 5) is 35.3. The third kappa shape index (κ3) is 7.25. The monoisotopic (exact) mass is 402 g/mol. The van der Waals surface area contributed by atoms with Crippen LogP contribution in [0.4, 0.5) is 20.6 Å². The second kappa shape index (κ2) is 9.18. The van der Waals surface area contributed by atoms with Gasteiger partial charge in [-0.25, -0.2) is 9.18 Å².